The van der Waals surface area contributed by atoms with Gasteiger partial charge in [-0.1, -0.05) is 36.4 Å². The van der Waals surface area contributed by atoms with E-state index in [-0.39, 0.29) is 29.9 Å². The SMILES string of the molecule is CCOC(=O)C1=C(N)C2(C(=O)Nc3ccccc32)c2c(C)nn(-c3ccccc3)c2O1. The Kier molecular flexibility index (Phi) is 4.11. The van der Waals surface area contributed by atoms with Gasteiger partial charge in [0.1, 0.15) is 0 Å². The van der Waals surface area contributed by atoms with Gasteiger partial charge in [0.2, 0.25) is 17.5 Å². The van der Waals surface area contributed by atoms with Crippen LogP contribution in [0.3, 0.4) is 0 Å². The van der Waals surface area contributed by atoms with Crippen LogP contribution in [0, 0.1) is 6.92 Å². The van der Waals surface area contributed by atoms with Gasteiger partial charge in [0.05, 0.1) is 29.2 Å². The summed E-state index contributed by atoms with van der Waals surface area (Å²) in [6.07, 6.45) is 0. The molecule has 0 bridgehead atoms. The first-order valence-electron chi connectivity index (χ1n) is 9.91. The van der Waals surface area contributed by atoms with E-state index in [1.807, 2.05) is 48.5 Å². The molecule has 3 N–H and O–H groups in total. The quantitative estimate of drug-likeness (QED) is 0.635. The number of amides is 1. The van der Waals surface area contributed by atoms with Crippen molar-refractivity contribution in [2.45, 2.75) is 19.3 Å². The lowest BCUT2D eigenvalue weighted by molar-refractivity contribution is -0.141. The van der Waals surface area contributed by atoms with Crippen LogP contribution < -0.4 is 15.8 Å². The Hall–Kier alpha value is -4.07. The zero-order valence-electron chi connectivity index (χ0n) is 17.0. The number of para-hydroxylation sites is 2. The predicted octanol–water partition coefficient (Wildman–Crippen LogP) is 2.54. The molecule has 1 amide bonds. The summed E-state index contributed by atoms with van der Waals surface area (Å²) in [4.78, 5) is 26.3. The number of esters is 1. The summed E-state index contributed by atoms with van der Waals surface area (Å²) in [5.41, 5.74) is 8.12. The molecular formula is C23H20N4O4. The smallest absolute Gasteiger partial charge is 0.376 e. The minimum atomic E-state index is -1.45. The van der Waals surface area contributed by atoms with E-state index in [0.29, 0.717) is 22.5 Å². The number of benzene rings is 2. The second kappa shape index (κ2) is 6.73. The maximum absolute atomic E-state index is 13.5. The Morgan fingerprint density at radius 3 is 2.65 bits per heavy atom. The van der Waals surface area contributed by atoms with E-state index in [9.17, 15) is 9.59 Å². The molecule has 1 aromatic heterocycles. The van der Waals surface area contributed by atoms with Crippen molar-refractivity contribution in [2.75, 3.05) is 11.9 Å². The number of nitrogens with zero attached hydrogens (tertiary/aromatic N) is 2. The number of anilines is 1. The summed E-state index contributed by atoms with van der Waals surface area (Å²) in [5, 5.41) is 7.54. The number of aryl methyl sites for hydroxylation is 1. The second-order valence-corrected chi connectivity index (χ2v) is 7.33. The summed E-state index contributed by atoms with van der Waals surface area (Å²) in [6.45, 7) is 3.62. The molecule has 156 valence electrons. The summed E-state index contributed by atoms with van der Waals surface area (Å²) < 4.78 is 12.8. The molecule has 1 spiro atoms. The third-order valence-electron chi connectivity index (χ3n) is 5.62. The van der Waals surface area contributed by atoms with E-state index in [0.717, 1.165) is 5.69 Å². The van der Waals surface area contributed by atoms with E-state index in [2.05, 4.69) is 10.4 Å². The van der Waals surface area contributed by atoms with Crippen LogP contribution in [0.15, 0.2) is 66.1 Å². The van der Waals surface area contributed by atoms with Crippen molar-refractivity contribution in [1.29, 1.82) is 0 Å². The Morgan fingerprint density at radius 1 is 1.19 bits per heavy atom. The monoisotopic (exact) mass is 416 g/mol. The molecule has 8 nitrogen and oxygen atoms in total. The van der Waals surface area contributed by atoms with E-state index in [1.165, 1.54) is 0 Å². The number of hydrogen-bond donors (Lipinski definition) is 2. The summed E-state index contributed by atoms with van der Waals surface area (Å²) in [7, 11) is 0. The van der Waals surface area contributed by atoms with Crippen molar-refractivity contribution >= 4 is 17.6 Å². The van der Waals surface area contributed by atoms with Crippen LogP contribution in [0.4, 0.5) is 5.69 Å². The van der Waals surface area contributed by atoms with E-state index >= 15 is 0 Å². The zero-order valence-corrected chi connectivity index (χ0v) is 17.0. The summed E-state index contributed by atoms with van der Waals surface area (Å²) >= 11 is 0. The third-order valence-corrected chi connectivity index (χ3v) is 5.62. The number of nitrogens with two attached hydrogens (primary N) is 1. The molecule has 0 fully saturated rings. The van der Waals surface area contributed by atoms with Crippen molar-refractivity contribution in [3.05, 3.63) is 82.9 Å². The van der Waals surface area contributed by atoms with Gasteiger partial charge in [-0.05, 0) is 32.0 Å². The van der Waals surface area contributed by atoms with Crippen LogP contribution >= 0.6 is 0 Å². The van der Waals surface area contributed by atoms with E-state index in [1.54, 1.807) is 24.6 Å². The number of carbonyl (C=O) groups excluding carboxylic acids is 2. The highest BCUT2D eigenvalue weighted by Crippen LogP contribution is 2.53. The number of hydrogen-bond acceptors (Lipinski definition) is 6. The molecule has 5 rings (SSSR count). The topological polar surface area (TPSA) is 108 Å². The van der Waals surface area contributed by atoms with Gasteiger partial charge in [0.15, 0.2) is 5.41 Å². The minimum absolute atomic E-state index is 0.0170. The van der Waals surface area contributed by atoms with Gasteiger partial charge >= 0.3 is 5.97 Å². The maximum Gasteiger partial charge on any atom is 0.376 e. The average Bonchev–Trinajstić information content (AvgIpc) is 3.26. The van der Waals surface area contributed by atoms with Crippen molar-refractivity contribution in [1.82, 2.24) is 9.78 Å². The van der Waals surface area contributed by atoms with Crippen LogP contribution in [0.25, 0.3) is 5.69 Å². The van der Waals surface area contributed by atoms with Gasteiger partial charge in [-0.25, -0.2) is 9.48 Å². The number of rotatable bonds is 3. The zero-order chi connectivity index (χ0) is 21.8. The molecule has 3 aromatic rings. The molecule has 0 saturated carbocycles. The Balaban J connectivity index is 1.86. The van der Waals surface area contributed by atoms with Gasteiger partial charge in [-0.3, -0.25) is 4.79 Å². The van der Waals surface area contributed by atoms with Crippen molar-refractivity contribution in [3.63, 3.8) is 0 Å². The molecule has 2 aliphatic rings. The largest absolute Gasteiger partial charge is 0.460 e. The lowest BCUT2D eigenvalue weighted by Crippen LogP contribution is -2.46. The van der Waals surface area contributed by atoms with Crippen LogP contribution in [-0.2, 0) is 19.7 Å². The fourth-order valence-corrected chi connectivity index (χ4v) is 4.35. The molecule has 1 atom stereocenters. The van der Waals surface area contributed by atoms with E-state index in [4.69, 9.17) is 15.2 Å². The average molecular weight is 416 g/mol. The van der Waals surface area contributed by atoms with Crippen LogP contribution in [0.2, 0.25) is 0 Å². The molecule has 0 aliphatic carbocycles. The number of fused-ring (bicyclic) bond motifs is 4. The highest BCUT2D eigenvalue weighted by molar-refractivity contribution is 6.13. The molecule has 31 heavy (non-hydrogen) atoms. The van der Waals surface area contributed by atoms with Gasteiger partial charge in [-0.2, -0.15) is 5.10 Å². The fourth-order valence-electron chi connectivity index (χ4n) is 4.35. The minimum Gasteiger partial charge on any atom is -0.460 e. The molecule has 0 saturated heterocycles. The second-order valence-electron chi connectivity index (χ2n) is 7.33. The number of carbonyl (C=O) groups is 2. The Labute approximate surface area is 178 Å². The third kappa shape index (κ3) is 2.44. The molecule has 3 heterocycles. The highest BCUT2D eigenvalue weighted by Gasteiger charge is 2.58. The fraction of sp³-hybridized carbons (Fsp3) is 0.174. The van der Waals surface area contributed by atoms with Gasteiger partial charge in [-0.15, -0.1) is 0 Å². The summed E-state index contributed by atoms with van der Waals surface area (Å²) in [6, 6.07) is 16.6. The van der Waals surface area contributed by atoms with E-state index < -0.39 is 11.4 Å². The first-order valence-corrected chi connectivity index (χ1v) is 9.91. The predicted molar refractivity (Wildman–Crippen MR) is 113 cm³/mol. The first-order chi connectivity index (χ1) is 15.0. The Bertz CT molecular complexity index is 1260. The highest BCUT2D eigenvalue weighted by atomic mass is 16.6. The molecule has 2 aromatic carbocycles. The molecule has 8 heteroatoms. The molecule has 1 unspecified atom stereocenters. The number of aromatic nitrogens is 2. The normalized spacial score (nSPS) is 19.0. The van der Waals surface area contributed by atoms with Crippen molar-refractivity contribution in [3.8, 4) is 11.6 Å². The number of ether oxygens (including phenoxy) is 2. The van der Waals surface area contributed by atoms with Crippen LogP contribution in [0.5, 0.6) is 5.88 Å². The van der Waals surface area contributed by atoms with Gasteiger partial charge in [0.25, 0.3) is 0 Å². The van der Waals surface area contributed by atoms with Crippen molar-refractivity contribution < 1.29 is 19.1 Å². The molecule has 0 radical (unpaired) electrons. The van der Waals surface area contributed by atoms with Gasteiger partial charge < -0.3 is 20.5 Å². The molecular weight excluding hydrogens is 396 g/mol. The number of nitrogens with one attached hydrogen (secondary N) is 1. The molecule has 2 aliphatic heterocycles. The summed E-state index contributed by atoms with van der Waals surface area (Å²) in [5.74, 6) is -1.06. The lowest BCUT2D eigenvalue weighted by Gasteiger charge is -2.33. The van der Waals surface area contributed by atoms with Crippen LogP contribution in [0.1, 0.15) is 23.7 Å². The Morgan fingerprint density at radius 2 is 1.90 bits per heavy atom. The van der Waals surface area contributed by atoms with Gasteiger partial charge in [0, 0.05) is 11.3 Å². The van der Waals surface area contributed by atoms with Crippen LogP contribution in [-0.4, -0.2) is 28.3 Å². The lowest BCUT2D eigenvalue weighted by atomic mass is 9.71. The first kappa shape index (κ1) is 18.9. The standard InChI is InChI=1S/C23H20N4O4/c1-3-30-21(28)18-19(24)23(15-11-7-8-12-16(15)25-22(23)29)17-13(2)26-27(20(17)31-18)14-9-5-4-6-10-14/h4-12H,3,24H2,1-2H3,(H,25,29). The maximum atomic E-state index is 13.5. The van der Waals surface area contributed by atoms with Crippen molar-refractivity contribution in [2.24, 2.45) is 5.73 Å².